The van der Waals surface area contributed by atoms with Crippen LogP contribution in [0.3, 0.4) is 0 Å². The van der Waals surface area contributed by atoms with Crippen molar-refractivity contribution >= 4 is 38.3 Å². The summed E-state index contributed by atoms with van der Waals surface area (Å²) in [6.45, 7) is 5.18. The van der Waals surface area contributed by atoms with E-state index in [1.807, 2.05) is 44.6 Å². The van der Waals surface area contributed by atoms with E-state index < -0.39 is 5.82 Å². The SMILES string of the molecule is CNc1ccc(N2CCCC(N(Cc3ccnc(OC)c3)Cc3cn4c5c(c(Br)c(F)cc5c3=O)OCC4C)C2)cn1. The first-order valence-electron chi connectivity index (χ1n) is 14.2. The Hall–Kier alpha value is -3.70. The fraction of sp³-hybridized carbons (Fsp3) is 0.387. The van der Waals surface area contributed by atoms with Gasteiger partial charge in [-0.15, -0.1) is 0 Å². The molecule has 2 unspecified atom stereocenters. The predicted molar refractivity (Wildman–Crippen MR) is 165 cm³/mol. The van der Waals surface area contributed by atoms with Crippen LogP contribution in [-0.2, 0) is 13.1 Å². The Labute approximate surface area is 252 Å². The number of pyridine rings is 3. The van der Waals surface area contributed by atoms with E-state index in [4.69, 9.17) is 9.47 Å². The Morgan fingerprint density at radius 2 is 2.10 bits per heavy atom. The van der Waals surface area contributed by atoms with Crippen LogP contribution in [0.5, 0.6) is 11.6 Å². The zero-order chi connectivity index (χ0) is 29.4. The molecule has 1 fully saturated rings. The van der Waals surface area contributed by atoms with Crippen LogP contribution in [0.4, 0.5) is 15.9 Å². The van der Waals surface area contributed by atoms with Crippen molar-refractivity contribution in [1.82, 2.24) is 19.4 Å². The average molecular weight is 638 g/mol. The summed E-state index contributed by atoms with van der Waals surface area (Å²) in [7, 11) is 3.46. The first kappa shape index (κ1) is 28.4. The van der Waals surface area contributed by atoms with Crippen LogP contribution in [0, 0.1) is 5.82 Å². The number of methoxy groups -OCH3 is 1. The summed E-state index contributed by atoms with van der Waals surface area (Å²) in [5.74, 6) is 1.25. The monoisotopic (exact) mass is 636 g/mol. The van der Waals surface area contributed by atoms with E-state index in [1.165, 1.54) is 6.07 Å². The van der Waals surface area contributed by atoms with Crippen LogP contribution < -0.4 is 25.1 Å². The third-order valence-electron chi connectivity index (χ3n) is 8.23. The maximum Gasteiger partial charge on any atom is 0.213 e. The second-order valence-electron chi connectivity index (χ2n) is 11.0. The highest BCUT2D eigenvalue weighted by Crippen LogP contribution is 2.39. The van der Waals surface area contributed by atoms with Crippen molar-refractivity contribution in [3.05, 3.63) is 80.6 Å². The van der Waals surface area contributed by atoms with Gasteiger partial charge in [-0.25, -0.2) is 14.4 Å². The van der Waals surface area contributed by atoms with Gasteiger partial charge in [0.15, 0.2) is 11.2 Å². The van der Waals surface area contributed by atoms with Gasteiger partial charge in [-0.05, 0) is 65.5 Å². The Balaban J connectivity index is 1.38. The molecule has 3 aromatic heterocycles. The molecule has 9 nitrogen and oxygen atoms in total. The Morgan fingerprint density at radius 3 is 2.86 bits per heavy atom. The van der Waals surface area contributed by atoms with E-state index in [2.05, 4.69) is 51.6 Å². The number of hydrogen-bond acceptors (Lipinski definition) is 8. The lowest BCUT2D eigenvalue weighted by Crippen LogP contribution is -2.48. The number of ether oxygens (including phenoxy) is 2. The second-order valence-corrected chi connectivity index (χ2v) is 11.7. The summed E-state index contributed by atoms with van der Waals surface area (Å²) in [6.07, 6.45) is 7.58. The minimum atomic E-state index is -0.505. The smallest absolute Gasteiger partial charge is 0.213 e. The molecule has 42 heavy (non-hydrogen) atoms. The summed E-state index contributed by atoms with van der Waals surface area (Å²) >= 11 is 3.31. The van der Waals surface area contributed by atoms with Gasteiger partial charge >= 0.3 is 0 Å². The van der Waals surface area contributed by atoms with Crippen LogP contribution in [0.1, 0.15) is 36.9 Å². The zero-order valence-electron chi connectivity index (χ0n) is 23.9. The number of anilines is 2. The molecule has 0 spiro atoms. The van der Waals surface area contributed by atoms with E-state index in [9.17, 15) is 9.18 Å². The van der Waals surface area contributed by atoms with Crippen LogP contribution in [0.25, 0.3) is 10.9 Å². The lowest BCUT2D eigenvalue weighted by atomic mass is 10.0. The third-order valence-corrected chi connectivity index (χ3v) is 8.97. The molecule has 5 heterocycles. The van der Waals surface area contributed by atoms with E-state index in [-0.39, 0.29) is 22.0 Å². The molecule has 2 aliphatic heterocycles. The summed E-state index contributed by atoms with van der Waals surface area (Å²) in [5.41, 5.74) is 3.19. The van der Waals surface area contributed by atoms with Crippen molar-refractivity contribution in [2.24, 2.45) is 0 Å². The van der Waals surface area contributed by atoms with Gasteiger partial charge in [0.05, 0.1) is 40.4 Å². The lowest BCUT2D eigenvalue weighted by molar-refractivity contribution is 0.157. The molecular weight excluding hydrogens is 603 g/mol. The van der Waals surface area contributed by atoms with Gasteiger partial charge in [-0.2, -0.15) is 0 Å². The van der Waals surface area contributed by atoms with Crippen LogP contribution >= 0.6 is 15.9 Å². The van der Waals surface area contributed by atoms with Gasteiger partial charge in [0.25, 0.3) is 0 Å². The molecule has 6 rings (SSSR count). The lowest BCUT2D eigenvalue weighted by Gasteiger charge is -2.40. The van der Waals surface area contributed by atoms with Crippen molar-refractivity contribution < 1.29 is 13.9 Å². The Morgan fingerprint density at radius 1 is 1.24 bits per heavy atom. The van der Waals surface area contributed by atoms with Gasteiger partial charge in [-0.3, -0.25) is 9.69 Å². The molecule has 0 amide bonds. The minimum absolute atomic E-state index is 0.00660. The van der Waals surface area contributed by atoms with E-state index in [1.54, 1.807) is 13.3 Å². The highest BCUT2D eigenvalue weighted by Gasteiger charge is 2.30. The summed E-state index contributed by atoms with van der Waals surface area (Å²) in [5, 5.41) is 3.41. The van der Waals surface area contributed by atoms with Gasteiger partial charge in [-0.1, -0.05) is 0 Å². The molecule has 1 aromatic carbocycles. The minimum Gasteiger partial charge on any atom is -0.488 e. The molecule has 0 radical (unpaired) electrons. The van der Waals surface area contributed by atoms with Gasteiger partial charge in [0.1, 0.15) is 18.2 Å². The highest BCUT2D eigenvalue weighted by atomic mass is 79.9. The molecule has 1 saturated heterocycles. The number of rotatable bonds is 8. The fourth-order valence-electron chi connectivity index (χ4n) is 6.00. The zero-order valence-corrected chi connectivity index (χ0v) is 25.5. The largest absolute Gasteiger partial charge is 0.488 e. The van der Waals surface area contributed by atoms with E-state index in [0.717, 1.165) is 43.0 Å². The summed E-state index contributed by atoms with van der Waals surface area (Å²) in [6, 6.07) is 9.47. The molecular formula is C31H34BrFN6O3. The molecule has 0 bridgehead atoms. The topological polar surface area (TPSA) is 84.8 Å². The van der Waals surface area contributed by atoms with Gasteiger partial charge in [0.2, 0.25) is 5.88 Å². The standard InChI is InChI=1S/C31H34BrFN6O3/c1-19-18-42-31-28(32)25(33)12-24-29(31)39(19)16-21(30(24)40)15-38(14-20-8-9-35-27(11-20)41-3)23-5-4-10-37(17-23)22-6-7-26(34-2)36-13-22/h6-9,11-13,16,19,23H,4-5,10,14-15,17-18H2,1-3H3,(H,34,36). The van der Waals surface area contributed by atoms with Crippen LogP contribution in [0.2, 0.25) is 0 Å². The van der Waals surface area contributed by atoms with Gasteiger partial charge in [0, 0.05) is 63.3 Å². The third kappa shape index (κ3) is 5.43. The predicted octanol–water partition coefficient (Wildman–Crippen LogP) is 5.37. The number of piperidine rings is 1. The summed E-state index contributed by atoms with van der Waals surface area (Å²) < 4.78 is 28.5. The number of benzene rings is 1. The molecule has 0 aliphatic carbocycles. The van der Waals surface area contributed by atoms with Crippen molar-refractivity contribution in [1.29, 1.82) is 0 Å². The molecule has 4 aromatic rings. The first-order chi connectivity index (χ1) is 20.4. The number of nitrogens with zero attached hydrogens (tertiary/aromatic N) is 5. The van der Waals surface area contributed by atoms with Crippen LogP contribution in [-0.4, -0.2) is 59.3 Å². The molecule has 2 aliphatic rings. The molecule has 0 saturated carbocycles. The fourth-order valence-corrected chi connectivity index (χ4v) is 6.42. The van der Waals surface area contributed by atoms with Crippen molar-refractivity contribution in [2.45, 2.75) is 44.9 Å². The second kappa shape index (κ2) is 11.9. The van der Waals surface area contributed by atoms with E-state index in [0.29, 0.717) is 47.8 Å². The molecule has 220 valence electrons. The quantitative estimate of drug-likeness (QED) is 0.276. The molecule has 1 N–H and O–H groups in total. The normalized spacial score (nSPS) is 18.3. The van der Waals surface area contributed by atoms with Crippen molar-refractivity contribution in [3.8, 4) is 11.6 Å². The number of aromatic nitrogens is 3. The number of nitrogens with one attached hydrogen (secondary N) is 1. The maximum atomic E-state index is 14.9. The van der Waals surface area contributed by atoms with Crippen molar-refractivity contribution in [2.75, 3.05) is 44.1 Å². The van der Waals surface area contributed by atoms with Gasteiger partial charge < -0.3 is 24.3 Å². The molecule has 11 heteroatoms. The first-order valence-corrected chi connectivity index (χ1v) is 15.0. The summed E-state index contributed by atoms with van der Waals surface area (Å²) in [4.78, 5) is 27.4. The Bertz CT molecular complexity index is 1660. The maximum absolute atomic E-state index is 14.9. The van der Waals surface area contributed by atoms with Crippen molar-refractivity contribution in [3.63, 3.8) is 0 Å². The number of hydrogen-bond donors (Lipinski definition) is 1. The highest BCUT2D eigenvalue weighted by molar-refractivity contribution is 9.10. The Kier molecular flexibility index (Phi) is 8.04. The molecule has 2 atom stereocenters. The average Bonchev–Trinajstić information content (AvgIpc) is 3.02. The van der Waals surface area contributed by atoms with E-state index >= 15 is 0 Å². The van der Waals surface area contributed by atoms with Crippen LogP contribution in [0.15, 0.2) is 58.2 Å². The number of halogens is 2.